The van der Waals surface area contributed by atoms with E-state index in [1.54, 1.807) is 0 Å². The van der Waals surface area contributed by atoms with Gasteiger partial charge in [-0.1, -0.05) is 18.2 Å². The van der Waals surface area contributed by atoms with Crippen molar-refractivity contribution in [3.63, 3.8) is 0 Å². The molecule has 1 aromatic rings. The Balaban J connectivity index is 2.61. The van der Waals surface area contributed by atoms with E-state index >= 15 is 0 Å². The summed E-state index contributed by atoms with van der Waals surface area (Å²) < 4.78 is 4.98. The fourth-order valence-corrected chi connectivity index (χ4v) is 0.613. The molecular formula is C6H8BNO. The first-order valence-corrected chi connectivity index (χ1v) is 2.81. The monoisotopic (exact) mass is 121 g/mol. The molecule has 0 heterocycles. The summed E-state index contributed by atoms with van der Waals surface area (Å²) in [5, 5.41) is 0. The smallest absolute Gasteiger partial charge is 0.424 e. The molecule has 2 N–H and O–H groups in total. The van der Waals surface area contributed by atoms with Gasteiger partial charge in [-0.3, -0.25) is 0 Å². The van der Waals surface area contributed by atoms with Crippen molar-refractivity contribution in [3.8, 4) is 5.75 Å². The van der Waals surface area contributed by atoms with E-state index in [0.717, 1.165) is 5.75 Å². The molecule has 0 amide bonds. The van der Waals surface area contributed by atoms with Crippen molar-refractivity contribution in [3.05, 3.63) is 30.3 Å². The number of para-hydroxylation sites is 1. The van der Waals surface area contributed by atoms with Gasteiger partial charge in [-0.15, -0.1) is 0 Å². The van der Waals surface area contributed by atoms with Crippen LogP contribution in [-0.4, -0.2) is 7.62 Å². The van der Waals surface area contributed by atoms with Gasteiger partial charge in [-0.25, -0.2) is 0 Å². The summed E-state index contributed by atoms with van der Waals surface area (Å²) in [5.41, 5.74) is 5.14. The molecule has 9 heavy (non-hydrogen) atoms. The molecular weight excluding hydrogens is 113 g/mol. The lowest BCUT2D eigenvalue weighted by molar-refractivity contribution is 0.595. The standard InChI is InChI=1S/C6H8BNO/c8-7-9-6-4-2-1-3-5-6/h1-5,7H,8H2. The Morgan fingerprint density at radius 2 is 1.89 bits per heavy atom. The van der Waals surface area contributed by atoms with Crippen LogP contribution in [0.1, 0.15) is 0 Å². The molecule has 0 aliphatic carbocycles. The van der Waals surface area contributed by atoms with Crippen LogP contribution >= 0.6 is 0 Å². The maximum Gasteiger partial charge on any atom is 0.424 e. The van der Waals surface area contributed by atoms with Crippen LogP contribution in [0.5, 0.6) is 5.75 Å². The third kappa shape index (κ3) is 1.78. The van der Waals surface area contributed by atoms with E-state index in [9.17, 15) is 0 Å². The van der Waals surface area contributed by atoms with Gasteiger partial charge in [0, 0.05) is 0 Å². The van der Waals surface area contributed by atoms with E-state index in [0.29, 0.717) is 0 Å². The molecule has 0 saturated carbocycles. The maximum absolute atomic E-state index is 5.14. The van der Waals surface area contributed by atoms with Crippen LogP contribution in [0.4, 0.5) is 0 Å². The van der Waals surface area contributed by atoms with Gasteiger partial charge in [0.25, 0.3) is 0 Å². The largest absolute Gasteiger partial charge is 0.549 e. The number of nitrogens with two attached hydrogens (primary N) is 1. The fourth-order valence-electron chi connectivity index (χ4n) is 0.613. The predicted octanol–water partition coefficient (Wildman–Crippen LogP) is 0.291. The normalized spacial score (nSPS) is 8.56. The molecule has 0 saturated heterocycles. The van der Waals surface area contributed by atoms with Crippen molar-refractivity contribution in [2.75, 3.05) is 0 Å². The number of rotatable bonds is 2. The van der Waals surface area contributed by atoms with Crippen LogP contribution in [0, 0.1) is 0 Å². The zero-order chi connectivity index (χ0) is 6.53. The van der Waals surface area contributed by atoms with E-state index in [1.165, 1.54) is 0 Å². The van der Waals surface area contributed by atoms with Crippen molar-refractivity contribution >= 4 is 7.62 Å². The summed E-state index contributed by atoms with van der Waals surface area (Å²) in [6.07, 6.45) is 0. The van der Waals surface area contributed by atoms with E-state index in [2.05, 4.69) is 0 Å². The Labute approximate surface area is 54.9 Å². The summed E-state index contributed by atoms with van der Waals surface area (Å²) in [4.78, 5) is 0. The molecule has 0 atom stereocenters. The molecule has 0 unspecified atom stereocenters. The van der Waals surface area contributed by atoms with E-state index < -0.39 is 0 Å². The molecule has 0 aliphatic heterocycles. The Bertz CT molecular complexity index is 166. The number of hydrogen-bond donors (Lipinski definition) is 1. The van der Waals surface area contributed by atoms with Gasteiger partial charge < -0.3 is 10.3 Å². The second-order valence-corrected chi connectivity index (χ2v) is 1.62. The maximum atomic E-state index is 5.14. The minimum atomic E-state index is 0.240. The fraction of sp³-hybridized carbons (Fsp3) is 0. The first-order chi connectivity index (χ1) is 4.43. The van der Waals surface area contributed by atoms with Crippen molar-refractivity contribution < 1.29 is 4.65 Å². The molecule has 1 aromatic carbocycles. The summed E-state index contributed by atoms with van der Waals surface area (Å²) in [6, 6.07) is 9.49. The van der Waals surface area contributed by atoms with Crippen molar-refractivity contribution in [1.82, 2.24) is 0 Å². The molecule has 0 fully saturated rings. The third-order valence-electron chi connectivity index (χ3n) is 0.993. The minimum Gasteiger partial charge on any atom is -0.549 e. The van der Waals surface area contributed by atoms with Gasteiger partial charge in [0.1, 0.15) is 0 Å². The van der Waals surface area contributed by atoms with E-state index in [1.807, 2.05) is 30.3 Å². The van der Waals surface area contributed by atoms with Crippen molar-refractivity contribution in [2.24, 2.45) is 5.64 Å². The lowest BCUT2D eigenvalue weighted by Gasteiger charge is -1.98. The zero-order valence-electron chi connectivity index (χ0n) is 5.08. The molecule has 0 aromatic heterocycles. The number of hydrogen-bond acceptors (Lipinski definition) is 2. The van der Waals surface area contributed by atoms with E-state index in [-0.39, 0.29) is 7.62 Å². The zero-order valence-corrected chi connectivity index (χ0v) is 5.08. The minimum absolute atomic E-state index is 0.240. The van der Waals surface area contributed by atoms with Gasteiger partial charge in [-0.05, 0) is 12.1 Å². The molecule has 0 radical (unpaired) electrons. The quantitative estimate of drug-likeness (QED) is 0.570. The SMILES string of the molecule is NBOc1ccccc1. The Hall–Kier alpha value is -0.955. The third-order valence-corrected chi connectivity index (χ3v) is 0.993. The summed E-state index contributed by atoms with van der Waals surface area (Å²) >= 11 is 0. The van der Waals surface area contributed by atoms with Crippen LogP contribution in [0.25, 0.3) is 0 Å². The second kappa shape index (κ2) is 3.15. The summed E-state index contributed by atoms with van der Waals surface area (Å²) in [6.45, 7) is 0. The van der Waals surface area contributed by atoms with Crippen LogP contribution in [0.3, 0.4) is 0 Å². The van der Waals surface area contributed by atoms with Crippen LogP contribution < -0.4 is 10.3 Å². The van der Waals surface area contributed by atoms with Crippen molar-refractivity contribution in [2.45, 2.75) is 0 Å². The van der Waals surface area contributed by atoms with E-state index in [4.69, 9.17) is 10.3 Å². The molecule has 3 heteroatoms. The first-order valence-electron chi connectivity index (χ1n) is 2.81. The molecule has 1 rings (SSSR count). The van der Waals surface area contributed by atoms with Crippen molar-refractivity contribution in [1.29, 1.82) is 0 Å². The lowest BCUT2D eigenvalue weighted by atomic mass is 10.3. The van der Waals surface area contributed by atoms with Gasteiger partial charge in [0.15, 0.2) is 0 Å². The van der Waals surface area contributed by atoms with Gasteiger partial charge in [-0.2, -0.15) is 0 Å². The average molecular weight is 121 g/mol. The topological polar surface area (TPSA) is 35.2 Å². The molecule has 0 bridgehead atoms. The summed E-state index contributed by atoms with van der Waals surface area (Å²) in [7, 11) is 0.240. The molecule has 46 valence electrons. The lowest BCUT2D eigenvalue weighted by Crippen LogP contribution is -2.12. The predicted molar refractivity (Wildman–Crippen MR) is 38.4 cm³/mol. The highest BCUT2D eigenvalue weighted by Crippen LogP contribution is 2.05. The average Bonchev–Trinajstić information content (AvgIpc) is 1.91. The first kappa shape index (κ1) is 6.17. The van der Waals surface area contributed by atoms with Crippen LogP contribution in [-0.2, 0) is 0 Å². The van der Waals surface area contributed by atoms with Crippen LogP contribution in [0.15, 0.2) is 30.3 Å². The highest BCUT2D eigenvalue weighted by molar-refractivity contribution is 6.23. The van der Waals surface area contributed by atoms with Gasteiger partial charge in [0.05, 0.1) is 5.75 Å². The van der Waals surface area contributed by atoms with Gasteiger partial charge in [0.2, 0.25) is 0 Å². The second-order valence-electron chi connectivity index (χ2n) is 1.62. The highest BCUT2D eigenvalue weighted by atomic mass is 16.4. The Morgan fingerprint density at radius 3 is 2.44 bits per heavy atom. The molecule has 0 spiro atoms. The van der Waals surface area contributed by atoms with Crippen LogP contribution in [0.2, 0.25) is 0 Å². The molecule has 0 aliphatic rings. The Morgan fingerprint density at radius 1 is 1.22 bits per heavy atom. The summed E-state index contributed by atoms with van der Waals surface area (Å²) in [5.74, 6) is 0.819. The Kier molecular flexibility index (Phi) is 2.16. The molecule has 2 nitrogen and oxygen atoms in total. The highest BCUT2D eigenvalue weighted by Gasteiger charge is 1.85. The number of benzene rings is 1. The van der Waals surface area contributed by atoms with Gasteiger partial charge >= 0.3 is 7.62 Å².